The molecule has 0 unspecified atom stereocenters. The third-order valence-electron chi connectivity index (χ3n) is 6.14. The zero-order valence-electron chi connectivity index (χ0n) is 19.9. The lowest BCUT2D eigenvalue weighted by atomic mass is 9.77. The zero-order valence-corrected chi connectivity index (χ0v) is 19.9. The number of aryl methyl sites for hydroxylation is 2. The summed E-state index contributed by atoms with van der Waals surface area (Å²) in [7, 11) is 1.48. The van der Waals surface area contributed by atoms with Crippen molar-refractivity contribution >= 4 is 17.4 Å². The maximum Gasteiger partial charge on any atom is 0.262 e. The van der Waals surface area contributed by atoms with Crippen LogP contribution in [0.3, 0.4) is 0 Å². The van der Waals surface area contributed by atoms with Crippen LogP contribution in [0.4, 0.5) is 5.69 Å². The molecule has 0 saturated carbocycles. The van der Waals surface area contributed by atoms with Crippen LogP contribution >= 0.6 is 0 Å². The Balaban J connectivity index is 1.56. The average Bonchev–Trinajstić information content (AvgIpc) is 2.83. The smallest absolute Gasteiger partial charge is 0.262 e. The van der Waals surface area contributed by atoms with Crippen LogP contribution < -0.4 is 20.5 Å². The van der Waals surface area contributed by atoms with E-state index in [0.717, 1.165) is 16.8 Å². The molecule has 3 N–H and O–H groups in total. The summed E-state index contributed by atoms with van der Waals surface area (Å²) in [5.74, 6) is 0.246. The molecular weight excluding hydrogens is 446 g/mol. The van der Waals surface area contributed by atoms with Crippen molar-refractivity contribution in [1.29, 1.82) is 5.26 Å². The molecule has 1 atom stereocenters. The Morgan fingerprint density at radius 3 is 2.71 bits per heavy atom. The van der Waals surface area contributed by atoms with Gasteiger partial charge in [-0.1, -0.05) is 23.8 Å². The van der Waals surface area contributed by atoms with Crippen LogP contribution in [0.1, 0.15) is 41.9 Å². The maximum atomic E-state index is 12.8. The van der Waals surface area contributed by atoms with Gasteiger partial charge in [-0.15, -0.1) is 0 Å². The number of nitrogens with two attached hydrogens (primary N) is 1. The predicted octanol–water partition coefficient (Wildman–Crippen LogP) is 4.14. The maximum absolute atomic E-state index is 12.8. The number of allylic oxidation sites excluding steroid dienone is 3. The highest BCUT2D eigenvalue weighted by Gasteiger charge is 2.38. The van der Waals surface area contributed by atoms with Crippen LogP contribution in [0.5, 0.6) is 11.5 Å². The number of ketones is 1. The first-order valence-electron chi connectivity index (χ1n) is 11.3. The Hall–Kier alpha value is -4.25. The lowest BCUT2D eigenvalue weighted by Gasteiger charge is -2.31. The lowest BCUT2D eigenvalue weighted by molar-refractivity contribution is -0.118. The topological polar surface area (TPSA) is 124 Å². The van der Waals surface area contributed by atoms with E-state index in [9.17, 15) is 14.9 Å². The van der Waals surface area contributed by atoms with Gasteiger partial charge in [-0.05, 0) is 49.6 Å². The summed E-state index contributed by atoms with van der Waals surface area (Å²) >= 11 is 0. The van der Waals surface area contributed by atoms with Gasteiger partial charge in [-0.2, -0.15) is 5.26 Å². The first kappa shape index (κ1) is 23.9. The van der Waals surface area contributed by atoms with E-state index in [1.807, 2.05) is 32.0 Å². The van der Waals surface area contributed by atoms with Gasteiger partial charge in [0.15, 0.2) is 23.9 Å². The van der Waals surface area contributed by atoms with Crippen molar-refractivity contribution in [3.63, 3.8) is 0 Å². The molecule has 1 amide bonds. The Labute approximate surface area is 204 Å². The summed E-state index contributed by atoms with van der Waals surface area (Å²) < 4.78 is 16.8. The highest BCUT2D eigenvalue weighted by Crippen LogP contribution is 2.45. The number of nitrogens with zero attached hydrogens (tertiary/aromatic N) is 1. The molecule has 0 saturated heterocycles. The molecule has 4 rings (SSSR count). The van der Waals surface area contributed by atoms with Crippen molar-refractivity contribution in [1.82, 2.24) is 0 Å². The van der Waals surface area contributed by atoms with Gasteiger partial charge in [0.2, 0.25) is 5.88 Å². The number of benzene rings is 2. The monoisotopic (exact) mass is 473 g/mol. The van der Waals surface area contributed by atoms with Crippen LogP contribution in [0.2, 0.25) is 0 Å². The number of methoxy groups -OCH3 is 1. The Morgan fingerprint density at radius 2 is 2.00 bits per heavy atom. The number of amides is 1. The van der Waals surface area contributed by atoms with E-state index in [1.54, 1.807) is 18.2 Å². The van der Waals surface area contributed by atoms with E-state index in [-0.39, 0.29) is 29.8 Å². The van der Waals surface area contributed by atoms with Crippen molar-refractivity contribution in [2.75, 3.05) is 19.0 Å². The van der Waals surface area contributed by atoms with Crippen molar-refractivity contribution < 1.29 is 23.8 Å². The highest BCUT2D eigenvalue weighted by atomic mass is 16.5. The van der Waals surface area contributed by atoms with Gasteiger partial charge in [0, 0.05) is 24.1 Å². The van der Waals surface area contributed by atoms with Gasteiger partial charge >= 0.3 is 0 Å². The molecule has 2 aromatic carbocycles. The second kappa shape index (κ2) is 9.94. The summed E-state index contributed by atoms with van der Waals surface area (Å²) in [5.41, 5.74) is 10.1. The summed E-state index contributed by atoms with van der Waals surface area (Å²) in [4.78, 5) is 25.2. The van der Waals surface area contributed by atoms with Crippen LogP contribution in [0, 0.1) is 25.2 Å². The fourth-order valence-corrected chi connectivity index (χ4v) is 4.46. The number of carbonyl (C=O) groups excluding carboxylic acids is 2. The molecule has 2 aromatic rings. The van der Waals surface area contributed by atoms with Gasteiger partial charge in [-0.25, -0.2) is 0 Å². The van der Waals surface area contributed by atoms with Crippen LogP contribution in [-0.2, 0) is 14.3 Å². The molecular formula is C27H27N3O5. The van der Waals surface area contributed by atoms with Crippen LogP contribution in [-0.4, -0.2) is 25.4 Å². The number of ether oxygens (including phenoxy) is 3. The molecule has 0 radical (unpaired) electrons. The first-order valence-corrected chi connectivity index (χ1v) is 11.3. The van der Waals surface area contributed by atoms with Crippen molar-refractivity contribution in [2.45, 2.75) is 39.0 Å². The molecule has 0 fully saturated rings. The summed E-state index contributed by atoms with van der Waals surface area (Å²) in [6, 6.07) is 13.0. The number of hydrogen-bond donors (Lipinski definition) is 2. The summed E-state index contributed by atoms with van der Waals surface area (Å²) in [5, 5.41) is 12.6. The largest absolute Gasteiger partial charge is 0.493 e. The van der Waals surface area contributed by atoms with E-state index in [0.29, 0.717) is 47.7 Å². The standard InChI is InChI=1S/C27H27N3O5/c1-15-7-9-19(16(2)11-15)30-24(32)14-34-21-10-8-17(12-23(21)33-3)25-18(13-28)27(29)35-22-6-4-5-20(31)26(22)25/h7-12,25H,4-6,14,29H2,1-3H3,(H,30,32)/t25-/m0/s1. The summed E-state index contributed by atoms with van der Waals surface area (Å²) in [6.07, 6.45) is 1.66. The number of carbonyl (C=O) groups is 2. The number of Topliss-reactive ketones (excluding diaryl/α,β-unsaturated/α-hetero) is 1. The molecule has 35 heavy (non-hydrogen) atoms. The second-order valence-corrected chi connectivity index (χ2v) is 8.60. The Bertz CT molecular complexity index is 1300. The quantitative estimate of drug-likeness (QED) is 0.646. The van der Waals surface area contributed by atoms with E-state index < -0.39 is 5.92 Å². The van der Waals surface area contributed by atoms with Gasteiger partial charge in [0.25, 0.3) is 5.91 Å². The van der Waals surface area contributed by atoms with Crippen LogP contribution in [0.15, 0.2) is 59.2 Å². The van der Waals surface area contributed by atoms with Crippen molar-refractivity contribution in [3.05, 3.63) is 75.9 Å². The predicted molar refractivity (Wildman–Crippen MR) is 130 cm³/mol. The fraction of sp³-hybridized carbons (Fsp3) is 0.296. The Morgan fingerprint density at radius 1 is 1.20 bits per heavy atom. The second-order valence-electron chi connectivity index (χ2n) is 8.60. The molecule has 1 heterocycles. The van der Waals surface area contributed by atoms with E-state index in [4.69, 9.17) is 19.9 Å². The lowest BCUT2D eigenvalue weighted by Crippen LogP contribution is -2.27. The minimum absolute atomic E-state index is 0.00770. The number of rotatable bonds is 6. The molecule has 0 aromatic heterocycles. The molecule has 180 valence electrons. The Kier molecular flexibility index (Phi) is 6.78. The van der Waals surface area contributed by atoms with Crippen LogP contribution in [0.25, 0.3) is 0 Å². The molecule has 0 bridgehead atoms. The average molecular weight is 474 g/mol. The van der Waals surface area contributed by atoms with Gasteiger partial charge in [0.05, 0.1) is 13.0 Å². The minimum atomic E-state index is -0.646. The van der Waals surface area contributed by atoms with E-state index in [2.05, 4.69) is 11.4 Å². The number of hydrogen-bond acceptors (Lipinski definition) is 7. The number of nitriles is 1. The molecule has 1 aliphatic carbocycles. The normalized spacial score (nSPS) is 17.3. The first-order chi connectivity index (χ1) is 16.8. The molecule has 0 spiro atoms. The molecule has 8 heteroatoms. The van der Waals surface area contributed by atoms with Crippen molar-refractivity contribution in [2.24, 2.45) is 5.73 Å². The highest BCUT2D eigenvalue weighted by molar-refractivity contribution is 5.99. The fourth-order valence-electron chi connectivity index (χ4n) is 4.46. The third kappa shape index (κ3) is 4.85. The van der Waals surface area contributed by atoms with E-state index in [1.165, 1.54) is 7.11 Å². The SMILES string of the molecule is COc1cc([C@H]2C(C#N)=C(N)OC3=C2C(=O)CCC3)ccc1OCC(=O)Nc1ccc(C)cc1C. The molecule has 1 aliphatic heterocycles. The molecule has 2 aliphatic rings. The van der Waals surface area contributed by atoms with Gasteiger partial charge in [0.1, 0.15) is 17.4 Å². The van der Waals surface area contributed by atoms with E-state index >= 15 is 0 Å². The zero-order chi connectivity index (χ0) is 25.1. The third-order valence-corrected chi connectivity index (χ3v) is 6.14. The van der Waals surface area contributed by atoms with Gasteiger partial charge in [-0.3, -0.25) is 9.59 Å². The molecule has 8 nitrogen and oxygen atoms in total. The van der Waals surface area contributed by atoms with Crippen molar-refractivity contribution in [3.8, 4) is 17.6 Å². The number of anilines is 1. The number of nitrogens with one attached hydrogen (secondary N) is 1. The van der Waals surface area contributed by atoms with Gasteiger partial charge < -0.3 is 25.3 Å². The summed E-state index contributed by atoms with van der Waals surface area (Å²) in [6.45, 7) is 3.70. The minimum Gasteiger partial charge on any atom is -0.493 e.